The van der Waals surface area contributed by atoms with Crippen LogP contribution in [0.2, 0.25) is 0 Å². The minimum Gasteiger partial charge on any atom is -0.508 e. The van der Waals surface area contributed by atoms with Gasteiger partial charge in [0.2, 0.25) is 0 Å². The van der Waals surface area contributed by atoms with E-state index < -0.39 is 4.92 Å². The van der Waals surface area contributed by atoms with E-state index in [9.17, 15) is 15.2 Å². The predicted molar refractivity (Wildman–Crippen MR) is 72.3 cm³/mol. The molecule has 1 rings (SSSR count). The van der Waals surface area contributed by atoms with Gasteiger partial charge in [-0.05, 0) is 31.5 Å². The van der Waals surface area contributed by atoms with Crippen LogP contribution in [0.1, 0.15) is 12.8 Å². The van der Waals surface area contributed by atoms with Crippen molar-refractivity contribution in [3.05, 3.63) is 28.3 Å². The number of hydrogen-bond donors (Lipinski definition) is 3. The van der Waals surface area contributed by atoms with Crippen LogP contribution in [0.4, 0.5) is 11.4 Å². The Labute approximate surface area is 111 Å². The molecule has 1 atom stereocenters. The van der Waals surface area contributed by atoms with Crippen molar-refractivity contribution >= 4 is 11.4 Å². The van der Waals surface area contributed by atoms with Crippen LogP contribution in [0, 0.1) is 10.1 Å². The summed E-state index contributed by atoms with van der Waals surface area (Å²) in [5, 5.41) is 23.3. The number of phenolic OH excluding ortho intramolecular Hbond substituents is 1. The first-order valence-corrected chi connectivity index (χ1v) is 6.01. The predicted octanol–water partition coefficient (Wildman–Crippen LogP) is 1.47. The average Bonchev–Trinajstić information content (AvgIpc) is 2.38. The van der Waals surface area contributed by atoms with Crippen LogP contribution in [-0.2, 0) is 4.74 Å². The minimum absolute atomic E-state index is 0.0585. The zero-order valence-corrected chi connectivity index (χ0v) is 10.8. The van der Waals surface area contributed by atoms with E-state index in [0.29, 0.717) is 18.8 Å². The van der Waals surface area contributed by atoms with Crippen molar-refractivity contribution in [2.24, 2.45) is 5.73 Å². The first-order valence-electron chi connectivity index (χ1n) is 6.01. The fraction of sp³-hybridized carbons (Fsp3) is 0.500. The molecular weight excluding hydrogens is 250 g/mol. The van der Waals surface area contributed by atoms with Gasteiger partial charge >= 0.3 is 0 Å². The molecule has 0 aliphatic heterocycles. The molecule has 106 valence electrons. The largest absolute Gasteiger partial charge is 0.508 e. The number of nitrogens with two attached hydrogens (primary N) is 1. The Morgan fingerprint density at radius 3 is 2.89 bits per heavy atom. The Bertz CT molecular complexity index is 425. The molecule has 1 aromatic rings. The second-order valence-corrected chi connectivity index (χ2v) is 4.19. The zero-order valence-electron chi connectivity index (χ0n) is 10.8. The number of ether oxygens (including phenoxy) is 1. The van der Waals surface area contributed by atoms with Crippen molar-refractivity contribution < 1.29 is 14.8 Å². The number of hydrogen-bond acceptors (Lipinski definition) is 6. The van der Waals surface area contributed by atoms with E-state index in [2.05, 4.69) is 5.32 Å². The van der Waals surface area contributed by atoms with Gasteiger partial charge in [-0.25, -0.2) is 0 Å². The summed E-state index contributed by atoms with van der Waals surface area (Å²) in [4.78, 5) is 10.4. The number of methoxy groups -OCH3 is 1. The van der Waals surface area contributed by atoms with Gasteiger partial charge in [-0.2, -0.15) is 0 Å². The van der Waals surface area contributed by atoms with Crippen molar-refractivity contribution in [2.45, 2.75) is 18.9 Å². The molecule has 4 N–H and O–H groups in total. The van der Waals surface area contributed by atoms with Gasteiger partial charge in [-0.3, -0.25) is 10.1 Å². The first kappa shape index (κ1) is 15.2. The maximum Gasteiger partial charge on any atom is 0.296 e. The van der Waals surface area contributed by atoms with E-state index in [1.165, 1.54) is 12.1 Å². The van der Waals surface area contributed by atoms with E-state index in [0.717, 1.165) is 18.9 Å². The third-order valence-corrected chi connectivity index (χ3v) is 2.66. The molecule has 19 heavy (non-hydrogen) atoms. The van der Waals surface area contributed by atoms with Gasteiger partial charge in [0.25, 0.3) is 5.69 Å². The van der Waals surface area contributed by atoms with Crippen LogP contribution in [0.3, 0.4) is 0 Å². The van der Waals surface area contributed by atoms with Gasteiger partial charge in [-0.1, -0.05) is 0 Å². The van der Waals surface area contributed by atoms with E-state index in [1.54, 1.807) is 7.11 Å². The molecule has 0 aliphatic carbocycles. The van der Waals surface area contributed by atoms with E-state index in [-0.39, 0.29) is 17.5 Å². The van der Waals surface area contributed by atoms with E-state index in [1.807, 2.05) is 0 Å². The highest BCUT2D eigenvalue weighted by atomic mass is 16.6. The summed E-state index contributed by atoms with van der Waals surface area (Å²) in [6, 6.07) is 3.95. The second-order valence-electron chi connectivity index (χ2n) is 4.19. The first-order chi connectivity index (χ1) is 9.08. The number of phenols is 1. The molecule has 0 bridgehead atoms. The zero-order chi connectivity index (χ0) is 14.3. The van der Waals surface area contributed by atoms with Gasteiger partial charge in [0.1, 0.15) is 11.4 Å². The maximum atomic E-state index is 10.9. The standard InChI is InChI=1S/C12H19N3O4/c1-19-8-9(3-2-6-13)14-11-5-4-10(16)7-12(11)15(17)18/h4-5,7,9,14,16H,2-3,6,8,13H2,1H3. The highest BCUT2D eigenvalue weighted by Crippen LogP contribution is 2.29. The molecular formula is C12H19N3O4. The van der Waals surface area contributed by atoms with Gasteiger partial charge in [-0.15, -0.1) is 0 Å². The summed E-state index contributed by atoms with van der Waals surface area (Å²) in [5.41, 5.74) is 5.66. The number of nitro groups is 1. The minimum atomic E-state index is -0.533. The lowest BCUT2D eigenvalue weighted by atomic mass is 10.1. The highest BCUT2D eigenvalue weighted by Gasteiger charge is 2.17. The average molecular weight is 269 g/mol. The summed E-state index contributed by atoms with van der Waals surface area (Å²) in [6.45, 7) is 0.984. The molecule has 0 aliphatic rings. The topological polar surface area (TPSA) is 111 Å². The number of anilines is 1. The molecule has 0 aromatic heterocycles. The maximum absolute atomic E-state index is 10.9. The number of rotatable bonds is 8. The molecule has 7 nitrogen and oxygen atoms in total. The lowest BCUT2D eigenvalue weighted by Crippen LogP contribution is -2.26. The summed E-state index contributed by atoms with van der Waals surface area (Å²) in [6.07, 6.45) is 1.55. The lowest BCUT2D eigenvalue weighted by molar-refractivity contribution is -0.384. The summed E-state index contributed by atoms with van der Waals surface area (Å²) >= 11 is 0. The molecule has 0 saturated heterocycles. The van der Waals surface area contributed by atoms with Gasteiger partial charge in [0.05, 0.1) is 17.6 Å². The summed E-state index contributed by atoms with van der Waals surface area (Å²) in [5.74, 6) is -0.137. The Morgan fingerprint density at radius 1 is 1.58 bits per heavy atom. The van der Waals surface area contributed by atoms with Crippen LogP contribution in [0.15, 0.2) is 18.2 Å². The molecule has 0 heterocycles. The van der Waals surface area contributed by atoms with Crippen LogP contribution < -0.4 is 11.1 Å². The molecule has 1 aromatic carbocycles. The van der Waals surface area contributed by atoms with Crippen molar-refractivity contribution in [3.8, 4) is 5.75 Å². The molecule has 0 spiro atoms. The van der Waals surface area contributed by atoms with Gasteiger partial charge in [0, 0.05) is 13.2 Å². The summed E-state index contributed by atoms with van der Waals surface area (Å²) in [7, 11) is 1.57. The monoisotopic (exact) mass is 269 g/mol. The Morgan fingerprint density at radius 2 is 2.32 bits per heavy atom. The van der Waals surface area contributed by atoms with Crippen LogP contribution in [-0.4, -0.2) is 36.3 Å². The number of nitrogens with zero attached hydrogens (tertiary/aromatic N) is 1. The molecule has 0 fully saturated rings. The quantitative estimate of drug-likeness (QED) is 0.374. The van der Waals surface area contributed by atoms with Gasteiger partial charge < -0.3 is 20.9 Å². The number of aromatic hydroxyl groups is 1. The number of benzene rings is 1. The van der Waals surface area contributed by atoms with E-state index >= 15 is 0 Å². The lowest BCUT2D eigenvalue weighted by Gasteiger charge is -2.18. The molecule has 0 amide bonds. The Balaban J connectivity index is 2.85. The Kier molecular flexibility index (Phi) is 6.04. The Hall–Kier alpha value is -1.86. The number of nitrogens with one attached hydrogen (secondary N) is 1. The van der Waals surface area contributed by atoms with Crippen LogP contribution in [0.5, 0.6) is 5.75 Å². The van der Waals surface area contributed by atoms with E-state index in [4.69, 9.17) is 10.5 Å². The fourth-order valence-electron chi connectivity index (χ4n) is 1.78. The molecule has 1 unspecified atom stereocenters. The SMILES string of the molecule is COCC(CCCN)Nc1ccc(O)cc1[N+](=O)[O-]. The smallest absolute Gasteiger partial charge is 0.296 e. The fourth-order valence-corrected chi connectivity index (χ4v) is 1.78. The van der Waals surface area contributed by atoms with Crippen LogP contribution >= 0.6 is 0 Å². The third-order valence-electron chi connectivity index (χ3n) is 2.66. The second kappa shape index (κ2) is 7.55. The van der Waals surface area contributed by atoms with Crippen molar-refractivity contribution in [1.29, 1.82) is 0 Å². The molecule has 7 heteroatoms. The molecule has 0 saturated carbocycles. The molecule has 0 radical (unpaired) electrons. The highest BCUT2D eigenvalue weighted by molar-refractivity contribution is 5.64. The third kappa shape index (κ3) is 4.72. The number of nitro benzene ring substituents is 1. The van der Waals surface area contributed by atoms with Crippen molar-refractivity contribution in [3.63, 3.8) is 0 Å². The van der Waals surface area contributed by atoms with Crippen molar-refractivity contribution in [1.82, 2.24) is 0 Å². The summed E-state index contributed by atoms with van der Waals surface area (Å²) < 4.78 is 5.07. The normalized spacial score (nSPS) is 12.1. The van der Waals surface area contributed by atoms with Crippen molar-refractivity contribution in [2.75, 3.05) is 25.6 Å². The van der Waals surface area contributed by atoms with Crippen LogP contribution in [0.25, 0.3) is 0 Å². The van der Waals surface area contributed by atoms with Gasteiger partial charge in [0.15, 0.2) is 0 Å².